The Morgan fingerprint density at radius 3 is 2.44 bits per heavy atom. The number of hydrogen-bond donors (Lipinski definition) is 1. The van der Waals surface area contributed by atoms with Crippen LogP contribution in [0.3, 0.4) is 0 Å². The van der Waals surface area contributed by atoms with Gasteiger partial charge in [0.25, 0.3) is 0 Å². The molecule has 0 aliphatic carbocycles. The third kappa shape index (κ3) is 4.71. The van der Waals surface area contributed by atoms with Crippen molar-refractivity contribution in [1.29, 1.82) is 0 Å². The standard InChI is InChI=1S/C22H21FN2O6S/c1-13-9-18(14(2)25(13)17-6-4-5-16(23)11-17)19(26)12-31-22(27)15-7-8-20(30-3)21(10-15)32(24,28)29/h4-11H,12H2,1-3H3,(H2,24,28,29). The summed E-state index contributed by atoms with van der Waals surface area (Å²) in [5, 5.41) is 5.15. The van der Waals surface area contributed by atoms with Crippen LogP contribution in [0.4, 0.5) is 4.39 Å². The van der Waals surface area contributed by atoms with Crippen LogP contribution in [0.1, 0.15) is 32.1 Å². The number of esters is 1. The van der Waals surface area contributed by atoms with E-state index in [0.29, 0.717) is 22.6 Å². The molecule has 0 spiro atoms. The second-order valence-corrected chi connectivity index (χ2v) is 8.54. The van der Waals surface area contributed by atoms with Crippen molar-refractivity contribution in [1.82, 2.24) is 4.57 Å². The fourth-order valence-electron chi connectivity index (χ4n) is 3.38. The Labute approximate surface area is 184 Å². The Balaban J connectivity index is 1.80. The van der Waals surface area contributed by atoms with Gasteiger partial charge in [0.05, 0.1) is 12.7 Å². The second kappa shape index (κ2) is 8.93. The summed E-state index contributed by atoms with van der Waals surface area (Å²) in [4.78, 5) is 24.7. The Morgan fingerprint density at radius 1 is 1.09 bits per heavy atom. The van der Waals surface area contributed by atoms with Crippen LogP contribution in [-0.4, -0.2) is 38.5 Å². The second-order valence-electron chi connectivity index (χ2n) is 7.01. The van der Waals surface area contributed by atoms with Gasteiger partial charge in [-0.15, -0.1) is 0 Å². The predicted octanol–water partition coefficient (Wildman–Crippen LogP) is 2.93. The van der Waals surface area contributed by atoms with Gasteiger partial charge in [-0.05, 0) is 56.3 Å². The smallest absolute Gasteiger partial charge is 0.338 e. The molecule has 0 atom stereocenters. The molecule has 2 aromatic carbocycles. The molecular formula is C22H21FN2O6S. The zero-order chi connectivity index (χ0) is 23.6. The summed E-state index contributed by atoms with van der Waals surface area (Å²) >= 11 is 0. The first-order valence-electron chi connectivity index (χ1n) is 9.39. The molecule has 3 rings (SSSR count). The van der Waals surface area contributed by atoms with E-state index < -0.39 is 34.2 Å². The maximum absolute atomic E-state index is 13.6. The van der Waals surface area contributed by atoms with Gasteiger partial charge in [-0.3, -0.25) is 4.79 Å². The molecule has 168 valence electrons. The zero-order valence-electron chi connectivity index (χ0n) is 17.6. The molecule has 3 aromatic rings. The number of benzene rings is 2. The largest absolute Gasteiger partial charge is 0.495 e. The van der Waals surface area contributed by atoms with Crippen molar-refractivity contribution in [3.8, 4) is 11.4 Å². The number of rotatable bonds is 7. The van der Waals surface area contributed by atoms with Crippen LogP contribution >= 0.6 is 0 Å². The summed E-state index contributed by atoms with van der Waals surface area (Å²) in [5.41, 5.74) is 2.04. The van der Waals surface area contributed by atoms with E-state index in [1.165, 1.54) is 31.4 Å². The molecule has 8 nitrogen and oxygen atoms in total. The lowest BCUT2D eigenvalue weighted by Crippen LogP contribution is -2.17. The molecule has 1 heterocycles. The lowest BCUT2D eigenvalue weighted by molar-refractivity contribution is 0.0474. The number of halogens is 1. The molecule has 0 saturated carbocycles. The average Bonchev–Trinajstić information content (AvgIpc) is 3.04. The molecule has 2 N–H and O–H groups in total. The Morgan fingerprint density at radius 2 is 1.81 bits per heavy atom. The topological polar surface area (TPSA) is 118 Å². The Bertz CT molecular complexity index is 1310. The highest BCUT2D eigenvalue weighted by atomic mass is 32.2. The van der Waals surface area contributed by atoms with E-state index in [9.17, 15) is 22.4 Å². The number of aryl methyl sites for hydroxylation is 1. The number of nitrogens with two attached hydrogens (primary N) is 1. The van der Waals surface area contributed by atoms with E-state index in [2.05, 4.69) is 0 Å². The monoisotopic (exact) mass is 460 g/mol. The molecule has 1 aromatic heterocycles. The Hall–Kier alpha value is -3.50. The lowest BCUT2D eigenvalue weighted by Gasteiger charge is -2.10. The van der Waals surface area contributed by atoms with E-state index in [1.54, 1.807) is 36.6 Å². The zero-order valence-corrected chi connectivity index (χ0v) is 18.4. The molecule has 32 heavy (non-hydrogen) atoms. The summed E-state index contributed by atoms with van der Waals surface area (Å²) in [5.74, 6) is -1.79. The highest BCUT2D eigenvalue weighted by Gasteiger charge is 2.21. The highest BCUT2D eigenvalue weighted by Crippen LogP contribution is 2.25. The maximum Gasteiger partial charge on any atom is 0.338 e. The van der Waals surface area contributed by atoms with Gasteiger partial charge in [-0.2, -0.15) is 0 Å². The van der Waals surface area contributed by atoms with Crippen molar-refractivity contribution in [2.45, 2.75) is 18.7 Å². The molecule has 0 aliphatic rings. The third-order valence-corrected chi connectivity index (χ3v) is 5.77. The van der Waals surface area contributed by atoms with Crippen molar-refractivity contribution in [3.63, 3.8) is 0 Å². The minimum atomic E-state index is -4.14. The van der Waals surface area contributed by atoms with Crippen LogP contribution in [0, 0.1) is 19.7 Å². The summed E-state index contributed by atoms with van der Waals surface area (Å²) < 4.78 is 48.8. The van der Waals surface area contributed by atoms with E-state index in [4.69, 9.17) is 14.6 Å². The number of ether oxygens (including phenoxy) is 2. The van der Waals surface area contributed by atoms with Gasteiger partial charge in [0.1, 0.15) is 16.5 Å². The number of primary sulfonamides is 1. The van der Waals surface area contributed by atoms with Crippen molar-refractivity contribution in [2.24, 2.45) is 5.14 Å². The van der Waals surface area contributed by atoms with Crippen LogP contribution < -0.4 is 9.88 Å². The molecule has 0 radical (unpaired) electrons. The number of nitrogens with zero attached hydrogens (tertiary/aromatic N) is 1. The molecule has 0 bridgehead atoms. The summed E-state index contributed by atoms with van der Waals surface area (Å²) in [6, 6.07) is 11.2. The number of carbonyl (C=O) groups is 2. The van der Waals surface area contributed by atoms with E-state index in [0.717, 1.165) is 6.07 Å². The Kier molecular flexibility index (Phi) is 6.47. The lowest BCUT2D eigenvalue weighted by atomic mass is 10.1. The van der Waals surface area contributed by atoms with Gasteiger partial charge in [-0.25, -0.2) is 22.7 Å². The van der Waals surface area contributed by atoms with Crippen molar-refractivity contribution >= 4 is 21.8 Å². The van der Waals surface area contributed by atoms with Gasteiger partial charge < -0.3 is 14.0 Å². The van der Waals surface area contributed by atoms with Crippen LogP contribution in [-0.2, 0) is 14.8 Å². The quantitative estimate of drug-likeness (QED) is 0.428. The number of sulfonamides is 1. The first-order chi connectivity index (χ1) is 15.0. The molecule has 0 aliphatic heterocycles. The van der Waals surface area contributed by atoms with Crippen LogP contribution in [0.5, 0.6) is 5.75 Å². The normalized spacial score (nSPS) is 11.3. The van der Waals surface area contributed by atoms with Crippen molar-refractivity contribution in [2.75, 3.05) is 13.7 Å². The average molecular weight is 460 g/mol. The summed E-state index contributed by atoms with van der Waals surface area (Å²) in [7, 11) is -2.88. The van der Waals surface area contributed by atoms with E-state index in [1.807, 2.05) is 0 Å². The first kappa shape index (κ1) is 23.2. The fraction of sp³-hybridized carbons (Fsp3) is 0.182. The first-order valence-corrected chi connectivity index (χ1v) is 10.9. The van der Waals surface area contributed by atoms with E-state index in [-0.39, 0.29) is 16.2 Å². The summed E-state index contributed by atoms with van der Waals surface area (Å²) in [6.07, 6.45) is 0. The van der Waals surface area contributed by atoms with Gasteiger partial charge >= 0.3 is 5.97 Å². The van der Waals surface area contributed by atoms with Crippen LogP contribution in [0.2, 0.25) is 0 Å². The van der Waals surface area contributed by atoms with Gasteiger partial charge in [-0.1, -0.05) is 6.07 Å². The van der Waals surface area contributed by atoms with Crippen molar-refractivity contribution < 1.29 is 31.9 Å². The molecular weight excluding hydrogens is 439 g/mol. The number of aromatic nitrogens is 1. The van der Waals surface area contributed by atoms with E-state index >= 15 is 0 Å². The van der Waals surface area contributed by atoms with Crippen LogP contribution in [0.15, 0.2) is 53.4 Å². The number of Topliss-reactive ketones (excluding diaryl/α,β-unsaturated/α-hetero) is 1. The van der Waals surface area contributed by atoms with Crippen LogP contribution in [0.25, 0.3) is 5.69 Å². The maximum atomic E-state index is 13.6. The predicted molar refractivity (Wildman–Crippen MR) is 114 cm³/mol. The number of carbonyl (C=O) groups excluding carboxylic acids is 2. The minimum Gasteiger partial charge on any atom is -0.495 e. The number of methoxy groups -OCH3 is 1. The number of hydrogen-bond acceptors (Lipinski definition) is 6. The third-order valence-electron chi connectivity index (χ3n) is 4.84. The molecule has 0 amide bonds. The molecule has 0 fully saturated rings. The molecule has 10 heteroatoms. The summed E-state index contributed by atoms with van der Waals surface area (Å²) in [6.45, 7) is 2.91. The fourth-order valence-corrected chi connectivity index (χ4v) is 4.10. The van der Waals surface area contributed by atoms with Gasteiger partial charge in [0.2, 0.25) is 15.8 Å². The number of ketones is 1. The SMILES string of the molecule is COc1ccc(C(=O)OCC(=O)c2cc(C)n(-c3cccc(F)c3)c2C)cc1S(N)(=O)=O. The van der Waals surface area contributed by atoms with Gasteiger partial charge in [0.15, 0.2) is 6.61 Å². The van der Waals surface area contributed by atoms with Gasteiger partial charge in [0, 0.05) is 22.6 Å². The van der Waals surface area contributed by atoms with Crippen molar-refractivity contribution in [3.05, 3.63) is 76.9 Å². The molecule has 0 saturated heterocycles. The highest BCUT2D eigenvalue weighted by molar-refractivity contribution is 7.89. The molecule has 0 unspecified atom stereocenters. The minimum absolute atomic E-state index is 0.0232.